The fourth-order valence-electron chi connectivity index (χ4n) is 1.78. The molecule has 0 fully saturated rings. The fraction of sp³-hybridized carbons (Fsp3) is 0.231. The molecule has 1 heterocycles. The Morgan fingerprint density at radius 2 is 2.32 bits per heavy atom. The van der Waals surface area contributed by atoms with Gasteiger partial charge in [0.05, 0.1) is 6.33 Å². The van der Waals surface area contributed by atoms with Gasteiger partial charge in [0, 0.05) is 36.7 Å². The zero-order valence-corrected chi connectivity index (χ0v) is 11.2. The van der Waals surface area contributed by atoms with E-state index < -0.39 is 0 Å². The molecule has 0 radical (unpaired) electrons. The summed E-state index contributed by atoms with van der Waals surface area (Å²) in [6.45, 7) is 1.62. The molecule has 2 aromatic rings. The van der Waals surface area contributed by atoms with Crippen molar-refractivity contribution in [1.29, 1.82) is 0 Å². The number of nitrogens with zero attached hydrogens (tertiary/aromatic N) is 2. The first-order chi connectivity index (χ1) is 9.16. The van der Waals surface area contributed by atoms with Gasteiger partial charge in [0.15, 0.2) is 0 Å². The number of nitrogens with two attached hydrogens (primary N) is 1. The molecule has 1 aromatic heterocycles. The lowest BCUT2D eigenvalue weighted by Crippen LogP contribution is -2.14. The molecule has 2 rings (SSSR count). The van der Waals surface area contributed by atoms with Crippen LogP contribution in [0.5, 0.6) is 0 Å². The maximum absolute atomic E-state index is 13.1. The second-order valence-electron chi connectivity index (χ2n) is 4.13. The second-order valence-corrected chi connectivity index (χ2v) is 4.57. The van der Waals surface area contributed by atoms with Crippen molar-refractivity contribution in [2.45, 2.75) is 13.0 Å². The van der Waals surface area contributed by atoms with Crippen LogP contribution in [0.25, 0.3) is 0 Å². The molecular weight excluding hydrogens is 263 g/mol. The van der Waals surface area contributed by atoms with Gasteiger partial charge in [0.2, 0.25) is 0 Å². The second kappa shape index (κ2) is 6.29. The predicted molar refractivity (Wildman–Crippen MR) is 77.6 cm³/mol. The van der Waals surface area contributed by atoms with E-state index in [2.05, 4.69) is 10.3 Å². The minimum atomic E-state index is -0.341. The molecule has 0 atom stereocenters. The number of hydrogen-bond acceptors (Lipinski definition) is 3. The highest BCUT2D eigenvalue weighted by molar-refractivity contribution is 7.80. The highest BCUT2D eigenvalue weighted by Crippen LogP contribution is 2.17. The van der Waals surface area contributed by atoms with Crippen molar-refractivity contribution in [3.8, 4) is 0 Å². The Bertz CT molecular complexity index is 554. The lowest BCUT2D eigenvalue weighted by molar-refractivity contribution is 0.627. The summed E-state index contributed by atoms with van der Waals surface area (Å²) in [5, 5.41) is 3.22. The van der Waals surface area contributed by atoms with Gasteiger partial charge in [0.1, 0.15) is 10.8 Å². The summed E-state index contributed by atoms with van der Waals surface area (Å²) < 4.78 is 15.1. The van der Waals surface area contributed by atoms with Gasteiger partial charge >= 0.3 is 0 Å². The zero-order chi connectivity index (χ0) is 13.7. The van der Waals surface area contributed by atoms with Crippen molar-refractivity contribution >= 4 is 22.9 Å². The quantitative estimate of drug-likeness (QED) is 0.628. The van der Waals surface area contributed by atoms with Gasteiger partial charge in [-0.2, -0.15) is 0 Å². The van der Waals surface area contributed by atoms with Crippen molar-refractivity contribution in [2.24, 2.45) is 5.73 Å². The van der Waals surface area contributed by atoms with E-state index in [1.54, 1.807) is 18.6 Å². The number of aryl methyl sites for hydroxylation is 1. The van der Waals surface area contributed by atoms with Crippen LogP contribution in [0.3, 0.4) is 0 Å². The summed E-state index contributed by atoms with van der Waals surface area (Å²) in [4.78, 5) is 4.16. The van der Waals surface area contributed by atoms with Gasteiger partial charge in [-0.15, -0.1) is 0 Å². The third kappa shape index (κ3) is 3.75. The van der Waals surface area contributed by atoms with Gasteiger partial charge < -0.3 is 15.6 Å². The molecule has 100 valence electrons. The molecule has 0 unspecified atom stereocenters. The van der Waals surface area contributed by atoms with Crippen LogP contribution >= 0.6 is 12.2 Å². The van der Waals surface area contributed by atoms with Crippen molar-refractivity contribution in [2.75, 3.05) is 11.9 Å². The average molecular weight is 278 g/mol. The summed E-state index contributed by atoms with van der Waals surface area (Å²) in [6, 6.07) is 4.39. The van der Waals surface area contributed by atoms with Crippen LogP contribution < -0.4 is 11.1 Å². The van der Waals surface area contributed by atoms with Crippen molar-refractivity contribution in [3.05, 3.63) is 48.3 Å². The van der Waals surface area contributed by atoms with E-state index in [1.165, 1.54) is 12.1 Å². The Kier molecular flexibility index (Phi) is 4.46. The minimum Gasteiger partial charge on any atom is -0.389 e. The summed E-state index contributed by atoms with van der Waals surface area (Å²) >= 11 is 4.91. The van der Waals surface area contributed by atoms with Gasteiger partial charge in [0.25, 0.3) is 0 Å². The van der Waals surface area contributed by atoms with E-state index in [0.29, 0.717) is 5.56 Å². The largest absolute Gasteiger partial charge is 0.389 e. The number of hydrogen-bond donors (Lipinski definition) is 2. The molecule has 0 saturated heterocycles. The highest BCUT2D eigenvalue weighted by atomic mass is 32.1. The average Bonchev–Trinajstić information content (AvgIpc) is 2.89. The maximum Gasteiger partial charge on any atom is 0.124 e. The molecule has 0 aliphatic rings. The van der Waals surface area contributed by atoms with E-state index in [0.717, 1.165) is 25.2 Å². The van der Waals surface area contributed by atoms with E-state index >= 15 is 0 Å². The van der Waals surface area contributed by atoms with E-state index in [9.17, 15) is 4.39 Å². The maximum atomic E-state index is 13.1. The molecule has 6 heteroatoms. The smallest absolute Gasteiger partial charge is 0.124 e. The number of anilines is 1. The molecular formula is C13H15FN4S. The summed E-state index contributed by atoms with van der Waals surface area (Å²) in [6.07, 6.45) is 6.36. The number of benzene rings is 1. The lowest BCUT2D eigenvalue weighted by Gasteiger charge is -2.11. The summed E-state index contributed by atoms with van der Waals surface area (Å²) in [5.41, 5.74) is 6.88. The molecule has 0 aliphatic heterocycles. The van der Waals surface area contributed by atoms with Gasteiger partial charge in [-0.05, 0) is 24.6 Å². The third-order valence-electron chi connectivity index (χ3n) is 2.71. The van der Waals surface area contributed by atoms with Gasteiger partial charge in [-0.25, -0.2) is 9.37 Å². The van der Waals surface area contributed by atoms with Crippen molar-refractivity contribution in [1.82, 2.24) is 9.55 Å². The zero-order valence-electron chi connectivity index (χ0n) is 10.3. The highest BCUT2D eigenvalue weighted by Gasteiger charge is 2.06. The van der Waals surface area contributed by atoms with Gasteiger partial charge in [-0.1, -0.05) is 12.2 Å². The topological polar surface area (TPSA) is 55.9 Å². The minimum absolute atomic E-state index is 0.191. The molecule has 3 N–H and O–H groups in total. The Hall–Kier alpha value is -1.95. The number of halogens is 1. The molecule has 19 heavy (non-hydrogen) atoms. The van der Waals surface area contributed by atoms with E-state index in [4.69, 9.17) is 18.0 Å². The molecule has 0 saturated carbocycles. The molecule has 1 aromatic carbocycles. The molecule has 4 nitrogen and oxygen atoms in total. The van der Waals surface area contributed by atoms with Crippen LogP contribution in [0.1, 0.15) is 12.0 Å². The Morgan fingerprint density at radius 1 is 1.47 bits per heavy atom. The number of rotatable bonds is 6. The number of imidazole rings is 1. The number of nitrogens with one attached hydrogen (secondary N) is 1. The Morgan fingerprint density at radius 3 is 3.00 bits per heavy atom. The first kappa shape index (κ1) is 13.5. The SMILES string of the molecule is NC(=S)c1cc(F)ccc1NCCCn1ccnc1. The fourth-order valence-corrected chi connectivity index (χ4v) is 1.95. The van der Waals surface area contributed by atoms with E-state index in [-0.39, 0.29) is 10.8 Å². The first-order valence-corrected chi connectivity index (χ1v) is 6.36. The Balaban J connectivity index is 1.90. The molecule has 0 bridgehead atoms. The number of thiocarbonyl (C=S) groups is 1. The van der Waals surface area contributed by atoms with Gasteiger partial charge in [-0.3, -0.25) is 0 Å². The molecule has 0 aliphatic carbocycles. The lowest BCUT2D eigenvalue weighted by atomic mass is 10.1. The third-order valence-corrected chi connectivity index (χ3v) is 2.93. The van der Waals surface area contributed by atoms with Crippen LogP contribution in [0, 0.1) is 5.82 Å². The Labute approximate surface area is 116 Å². The molecule has 0 amide bonds. The van der Waals surface area contributed by atoms with Crippen LogP contribution in [-0.4, -0.2) is 21.1 Å². The predicted octanol–water partition coefficient (Wildman–Crippen LogP) is 2.16. The first-order valence-electron chi connectivity index (χ1n) is 5.96. The monoisotopic (exact) mass is 278 g/mol. The van der Waals surface area contributed by atoms with Crippen molar-refractivity contribution < 1.29 is 4.39 Å². The molecule has 0 spiro atoms. The normalized spacial score (nSPS) is 10.4. The summed E-state index contributed by atoms with van der Waals surface area (Å²) in [7, 11) is 0. The van der Waals surface area contributed by atoms with Crippen LogP contribution in [0.2, 0.25) is 0 Å². The van der Waals surface area contributed by atoms with Crippen LogP contribution in [0.4, 0.5) is 10.1 Å². The summed E-state index contributed by atoms with van der Waals surface area (Å²) in [5.74, 6) is -0.341. The van der Waals surface area contributed by atoms with E-state index in [1.807, 2.05) is 10.8 Å². The standard InChI is InChI=1S/C13H15FN4S/c14-10-2-3-12(11(8-10)13(15)19)17-4-1-6-18-7-5-16-9-18/h2-3,5,7-9,17H,1,4,6H2,(H2,15,19). The van der Waals surface area contributed by atoms with Crippen molar-refractivity contribution in [3.63, 3.8) is 0 Å². The van der Waals surface area contributed by atoms with Crippen LogP contribution in [0.15, 0.2) is 36.9 Å². The van der Waals surface area contributed by atoms with Crippen LogP contribution in [-0.2, 0) is 6.54 Å². The number of aromatic nitrogens is 2.